The third kappa shape index (κ3) is 4.60. The second-order valence-corrected chi connectivity index (χ2v) is 7.59. The van der Waals surface area contributed by atoms with Crippen LogP contribution >= 0.6 is 0 Å². The van der Waals surface area contributed by atoms with Crippen LogP contribution in [0.25, 0.3) is 0 Å². The van der Waals surface area contributed by atoms with Gasteiger partial charge in [0.15, 0.2) is 6.61 Å². The summed E-state index contributed by atoms with van der Waals surface area (Å²) in [4.78, 5) is 28.0. The molecule has 2 N–H and O–H groups in total. The molecule has 0 bridgehead atoms. The summed E-state index contributed by atoms with van der Waals surface area (Å²) < 4.78 is 31.3. The van der Waals surface area contributed by atoms with Crippen LogP contribution in [0.3, 0.4) is 0 Å². The first kappa shape index (κ1) is 19.9. The molecular formula is C17H23N3O5S. The molecule has 0 saturated carbocycles. The second kappa shape index (κ2) is 8.31. The molecule has 26 heavy (non-hydrogen) atoms. The Bertz CT molecular complexity index is 815. The molecule has 1 aliphatic heterocycles. The summed E-state index contributed by atoms with van der Waals surface area (Å²) in [5.41, 5.74) is 0.402. The van der Waals surface area contributed by atoms with Crippen molar-refractivity contribution in [3.05, 3.63) is 29.8 Å². The molecular weight excluding hydrogens is 358 g/mol. The summed E-state index contributed by atoms with van der Waals surface area (Å²) in [6, 6.07) is 5.44. The maximum Gasteiger partial charge on any atom is 0.331 e. The molecule has 0 unspecified atom stereocenters. The topological polar surface area (TPSA) is 114 Å². The van der Waals surface area contributed by atoms with Crippen LogP contribution in [0, 0.1) is 0 Å². The first-order valence-electron chi connectivity index (χ1n) is 8.44. The number of carbonyl (C=O) groups excluding carboxylic acids is 2. The minimum atomic E-state index is -3.67. The number of nitrogens with one attached hydrogen (secondary N) is 2. The highest BCUT2D eigenvalue weighted by Crippen LogP contribution is 2.22. The molecule has 1 atom stereocenters. The molecule has 1 heterocycles. The number of benzene rings is 1. The molecule has 1 aromatic rings. The molecule has 8 nitrogen and oxygen atoms in total. The molecule has 0 radical (unpaired) electrons. The lowest BCUT2D eigenvalue weighted by atomic mass is 10.2. The number of sulfonamides is 1. The van der Waals surface area contributed by atoms with Crippen molar-refractivity contribution in [2.75, 3.05) is 6.61 Å². The third-order valence-corrected chi connectivity index (χ3v) is 5.42. The summed E-state index contributed by atoms with van der Waals surface area (Å²) in [5, 5.41) is 2.76. The number of rotatable bonds is 7. The Kier molecular flexibility index (Phi) is 6.36. The van der Waals surface area contributed by atoms with E-state index >= 15 is 0 Å². The molecule has 1 aliphatic rings. The van der Waals surface area contributed by atoms with E-state index in [0.29, 0.717) is 5.56 Å². The Balaban J connectivity index is 2.00. The Hall–Kier alpha value is -2.42. The van der Waals surface area contributed by atoms with Crippen molar-refractivity contribution in [2.45, 2.75) is 50.6 Å². The predicted molar refractivity (Wildman–Crippen MR) is 96.2 cm³/mol. The van der Waals surface area contributed by atoms with Crippen LogP contribution in [-0.2, 0) is 24.3 Å². The minimum absolute atomic E-state index is 0.0447. The lowest BCUT2D eigenvalue weighted by Crippen LogP contribution is -2.37. The number of hydrogen-bond acceptors (Lipinski definition) is 6. The fourth-order valence-electron chi connectivity index (χ4n) is 2.50. The molecule has 9 heteroatoms. The summed E-state index contributed by atoms with van der Waals surface area (Å²) in [6.45, 7) is 4.99. The van der Waals surface area contributed by atoms with E-state index in [1.165, 1.54) is 13.0 Å². The van der Waals surface area contributed by atoms with Crippen LogP contribution in [0.4, 0.5) is 0 Å². The normalized spacial score (nSPS) is 17.5. The standard InChI is InChI=1S/C17H23N3O5S/c1-4-12(5-2)19-15(21)10-25-17(22)11(3)18-16-13-8-6-7-9-14(13)26(23,24)20-16/h6-9,11-12H,4-5,10H2,1-3H3,(H,18,20)(H,19,21)/t11-/m1/s1. The maximum absolute atomic E-state index is 12.0. The van der Waals surface area contributed by atoms with Gasteiger partial charge >= 0.3 is 5.97 Å². The van der Waals surface area contributed by atoms with Gasteiger partial charge in [-0.2, -0.15) is 0 Å². The maximum atomic E-state index is 12.0. The quantitative estimate of drug-likeness (QED) is 0.683. The molecule has 2 rings (SSSR count). The van der Waals surface area contributed by atoms with Gasteiger partial charge in [0.05, 0.1) is 4.90 Å². The molecule has 0 fully saturated rings. The van der Waals surface area contributed by atoms with Gasteiger partial charge in [0.2, 0.25) is 0 Å². The number of amides is 1. The van der Waals surface area contributed by atoms with Crippen LogP contribution in [0.2, 0.25) is 0 Å². The molecule has 0 aliphatic carbocycles. The van der Waals surface area contributed by atoms with Crippen molar-refractivity contribution in [3.8, 4) is 0 Å². The van der Waals surface area contributed by atoms with E-state index in [1.54, 1.807) is 18.2 Å². The van der Waals surface area contributed by atoms with Gasteiger partial charge in [-0.15, -0.1) is 0 Å². The van der Waals surface area contributed by atoms with E-state index in [9.17, 15) is 18.0 Å². The van der Waals surface area contributed by atoms with E-state index in [4.69, 9.17) is 4.74 Å². The average Bonchev–Trinajstić information content (AvgIpc) is 2.88. The van der Waals surface area contributed by atoms with Crippen LogP contribution in [0.1, 0.15) is 39.2 Å². The number of fused-ring (bicyclic) bond motifs is 1. The molecule has 142 valence electrons. The first-order chi connectivity index (χ1) is 12.3. The second-order valence-electron chi connectivity index (χ2n) is 5.94. The summed E-state index contributed by atoms with van der Waals surface area (Å²) in [6.07, 6.45) is 1.58. The highest BCUT2D eigenvalue weighted by molar-refractivity contribution is 7.90. The van der Waals surface area contributed by atoms with E-state index in [0.717, 1.165) is 12.8 Å². The van der Waals surface area contributed by atoms with Crippen LogP contribution in [-0.4, -0.2) is 44.8 Å². The van der Waals surface area contributed by atoms with Gasteiger partial charge in [-0.05, 0) is 31.9 Å². The van der Waals surface area contributed by atoms with Crippen molar-refractivity contribution < 1.29 is 22.7 Å². The Morgan fingerprint density at radius 2 is 1.88 bits per heavy atom. The smallest absolute Gasteiger partial charge is 0.331 e. The fraction of sp³-hybridized carbons (Fsp3) is 0.471. The van der Waals surface area contributed by atoms with Gasteiger partial charge in [-0.3, -0.25) is 14.5 Å². The number of aliphatic imine (C=N–C) groups is 1. The zero-order valence-electron chi connectivity index (χ0n) is 15.0. The van der Waals surface area contributed by atoms with Crippen LogP contribution in [0.5, 0.6) is 0 Å². The van der Waals surface area contributed by atoms with Crippen molar-refractivity contribution in [1.29, 1.82) is 0 Å². The zero-order valence-corrected chi connectivity index (χ0v) is 15.8. The minimum Gasteiger partial charge on any atom is -0.454 e. The number of amidine groups is 1. The first-order valence-corrected chi connectivity index (χ1v) is 9.92. The Labute approximate surface area is 153 Å². The molecule has 0 spiro atoms. The van der Waals surface area contributed by atoms with Crippen LogP contribution in [0.15, 0.2) is 34.2 Å². The monoisotopic (exact) mass is 381 g/mol. The number of nitrogens with zero attached hydrogens (tertiary/aromatic N) is 1. The summed E-state index contributed by atoms with van der Waals surface area (Å²) in [7, 11) is -3.67. The highest BCUT2D eigenvalue weighted by atomic mass is 32.2. The Morgan fingerprint density at radius 1 is 1.23 bits per heavy atom. The number of carbonyl (C=O) groups is 2. The van der Waals surface area contributed by atoms with Crippen molar-refractivity contribution >= 4 is 27.7 Å². The molecule has 1 aromatic carbocycles. The lowest BCUT2D eigenvalue weighted by Gasteiger charge is -2.15. The fourth-order valence-corrected chi connectivity index (χ4v) is 3.73. The molecule has 0 aromatic heterocycles. The van der Waals surface area contributed by atoms with Gasteiger partial charge in [-0.25, -0.2) is 13.2 Å². The predicted octanol–water partition coefficient (Wildman–Crippen LogP) is 0.962. The largest absolute Gasteiger partial charge is 0.454 e. The number of hydrogen-bond donors (Lipinski definition) is 2. The van der Waals surface area contributed by atoms with Gasteiger partial charge in [0, 0.05) is 11.6 Å². The van der Waals surface area contributed by atoms with Crippen molar-refractivity contribution in [3.63, 3.8) is 0 Å². The van der Waals surface area contributed by atoms with E-state index < -0.39 is 28.6 Å². The van der Waals surface area contributed by atoms with E-state index in [-0.39, 0.29) is 22.7 Å². The number of ether oxygens (including phenoxy) is 1. The van der Waals surface area contributed by atoms with Crippen molar-refractivity contribution in [2.24, 2.45) is 4.99 Å². The van der Waals surface area contributed by atoms with Crippen LogP contribution < -0.4 is 10.0 Å². The van der Waals surface area contributed by atoms with Crippen molar-refractivity contribution in [1.82, 2.24) is 10.0 Å². The summed E-state index contributed by atoms with van der Waals surface area (Å²) >= 11 is 0. The van der Waals surface area contributed by atoms with Gasteiger partial charge in [0.25, 0.3) is 15.9 Å². The van der Waals surface area contributed by atoms with Gasteiger partial charge in [0.1, 0.15) is 11.9 Å². The summed E-state index contributed by atoms with van der Waals surface area (Å²) in [5.74, 6) is -0.994. The zero-order chi connectivity index (χ0) is 19.3. The average molecular weight is 381 g/mol. The third-order valence-electron chi connectivity index (χ3n) is 4.02. The van der Waals surface area contributed by atoms with E-state index in [2.05, 4.69) is 15.0 Å². The lowest BCUT2D eigenvalue weighted by molar-refractivity contribution is -0.149. The SMILES string of the molecule is CCC(CC)NC(=O)COC(=O)[C@@H](C)N=C1NS(=O)(=O)c2ccccc21. The van der Waals surface area contributed by atoms with Gasteiger partial charge in [-0.1, -0.05) is 26.0 Å². The molecule has 1 amide bonds. The Morgan fingerprint density at radius 3 is 2.54 bits per heavy atom. The highest BCUT2D eigenvalue weighted by Gasteiger charge is 2.31. The van der Waals surface area contributed by atoms with Gasteiger partial charge < -0.3 is 10.1 Å². The van der Waals surface area contributed by atoms with E-state index in [1.807, 2.05) is 13.8 Å². The number of esters is 1. The molecule has 0 saturated heterocycles.